The molecule has 2 aliphatic rings. The maximum absolute atomic E-state index is 13.0. The van der Waals surface area contributed by atoms with Crippen molar-refractivity contribution in [1.82, 2.24) is 5.32 Å². The van der Waals surface area contributed by atoms with Crippen LogP contribution in [0.15, 0.2) is 42.5 Å². The first-order valence-electron chi connectivity index (χ1n) is 9.51. The van der Waals surface area contributed by atoms with Gasteiger partial charge in [0, 0.05) is 12.7 Å². The summed E-state index contributed by atoms with van der Waals surface area (Å²) in [4.78, 5) is 13.0. The molecule has 0 spiro atoms. The zero-order valence-electron chi connectivity index (χ0n) is 15.6. The largest absolute Gasteiger partial charge is 0.486 e. The maximum Gasteiger partial charge on any atom is 0.251 e. The molecule has 0 saturated heterocycles. The molecule has 1 heterocycles. The summed E-state index contributed by atoms with van der Waals surface area (Å²) in [6.45, 7) is 1.63. The van der Waals surface area contributed by atoms with Gasteiger partial charge in [0.1, 0.15) is 13.2 Å². The molecule has 1 saturated carbocycles. The van der Waals surface area contributed by atoms with Gasteiger partial charge in [-0.05, 0) is 48.2 Å². The molecule has 142 valence electrons. The maximum atomic E-state index is 13.0. The van der Waals surface area contributed by atoms with E-state index in [0.29, 0.717) is 25.4 Å². The topological polar surface area (TPSA) is 56.8 Å². The minimum Gasteiger partial charge on any atom is -0.486 e. The first-order valence-corrected chi connectivity index (χ1v) is 9.51. The molecule has 4 rings (SSSR count). The molecule has 0 bridgehead atoms. The van der Waals surface area contributed by atoms with Gasteiger partial charge in [0.05, 0.1) is 12.1 Å². The van der Waals surface area contributed by atoms with Crippen LogP contribution in [-0.4, -0.2) is 26.2 Å². The van der Waals surface area contributed by atoms with Gasteiger partial charge in [0.25, 0.3) is 5.91 Å². The predicted octanol–water partition coefficient (Wildman–Crippen LogP) is 3.80. The van der Waals surface area contributed by atoms with Gasteiger partial charge in [0.2, 0.25) is 0 Å². The molecule has 5 nitrogen and oxygen atoms in total. The Balaban J connectivity index is 1.61. The molecule has 1 aliphatic carbocycles. The summed E-state index contributed by atoms with van der Waals surface area (Å²) in [5.74, 6) is 1.49. The average molecular weight is 367 g/mol. The number of nitrogens with one attached hydrogen (secondary N) is 1. The lowest BCUT2D eigenvalue weighted by Crippen LogP contribution is -2.43. The monoisotopic (exact) mass is 367 g/mol. The molecular weight excluding hydrogens is 342 g/mol. The van der Waals surface area contributed by atoms with Gasteiger partial charge in [-0.3, -0.25) is 4.79 Å². The van der Waals surface area contributed by atoms with Crippen molar-refractivity contribution in [3.63, 3.8) is 0 Å². The van der Waals surface area contributed by atoms with E-state index >= 15 is 0 Å². The van der Waals surface area contributed by atoms with Crippen LogP contribution < -0.4 is 14.8 Å². The van der Waals surface area contributed by atoms with Crippen LogP contribution in [0, 0.1) is 0 Å². The SMILES string of the molecule is COCc1cccc(C(=O)NC2(c3ccc4c(c3)OCCO4)CCCC2)c1. The Kier molecular flexibility index (Phi) is 5.03. The Morgan fingerprint density at radius 2 is 1.85 bits per heavy atom. The minimum absolute atomic E-state index is 0.0512. The van der Waals surface area contributed by atoms with Gasteiger partial charge >= 0.3 is 0 Å². The molecule has 2 aromatic rings. The van der Waals surface area contributed by atoms with Crippen LogP contribution in [0.25, 0.3) is 0 Å². The van der Waals surface area contributed by atoms with Crippen molar-refractivity contribution >= 4 is 5.91 Å². The molecule has 27 heavy (non-hydrogen) atoms. The lowest BCUT2D eigenvalue weighted by molar-refractivity contribution is 0.0897. The number of benzene rings is 2. The molecule has 1 aliphatic heterocycles. The summed E-state index contributed by atoms with van der Waals surface area (Å²) in [7, 11) is 1.65. The van der Waals surface area contributed by atoms with Crippen LogP contribution in [0.2, 0.25) is 0 Å². The molecule has 5 heteroatoms. The molecule has 0 radical (unpaired) electrons. The van der Waals surface area contributed by atoms with E-state index in [1.807, 2.05) is 36.4 Å². The number of amides is 1. The van der Waals surface area contributed by atoms with Crippen LogP contribution >= 0.6 is 0 Å². The van der Waals surface area contributed by atoms with E-state index in [-0.39, 0.29) is 11.4 Å². The summed E-state index contributed by atoms with van der Waals surface area (Å²) < 4.78 is 16.6. The van der Waals surface area contributed by atoms with Crippen LogP contribution in [0.3, 0.4) is 0 Å². The molecule has 1 amide bonds. The Hall–Kier alpha value is -2.53. The van der Waals surface area contributed by atoms with E-state index < -0.39 is 0 Å². The van der Waals surface area contributed by atoms with E-state index in [1.165, 1.54) is 0 Å². The molecule has 0 atom stereocenters. The number of ether oxygens (including phenoxy) is 3. The van der Waals surface area contributed by atoms with Crippen molar-refractivity contribution in [2.45, 2.75) is 37.8 Å². The summed E-state index contributed by atoms with van der Waals surface area (Å²) in [6.07, 6.45) is 4.04. The lowest BCUT2D eigenvalue weighted by Gasteiger charge is -2.32. The zero-order chi connectivity index (χ0) is 18.7. The highest BCUT2D eigenvalue weighted by atomic mass is 16.6. The quantitative estimate of drug-likeness (QED) is 0.873. The molecule has 1 N–H and O–H groups in total. The van der Waals surface area contributed by atoms with Gasteiger partial charge < -0.3 is 19.5 Å². The lowest BCUT2D eigenvalue weighted by atomic mass is 9.87. The number of fused-ring (bicyclic) bond motifs is 1. The summed E-state index contributed by atoms with van der Waals surface area (Å²) in [6, 6.07) is 13.6. The van der Waals surface area contributed by atoms with Gasteiger partial charge in [0.15, 0.2) is 11.5 Å². The molecule has 0 unspecified atom stereocenters. The van der Waals surface area contributed by atoms with E-state index in [0.717, 1.165) is 48.3 Å². The number of hydrogen-bond donors (Lipinski definition) is 1. The van der Waals surface area contributed by atoms with E-state index in [4.69, 9.17) is 14.2 Å². The average Bonchev–Trinajstić information content (AvgIpc) is 3.18. The molecular formula is C22H25NO4. The summed E-state index contributed by atoms with van der Waals surface area (Å²) >= 11 is 0. The Morgan fingerprint density at radius 1 is 1.07 bits per heavy atom. The Morgan fingerprint density at radius 3 is 2.63 bits per heavy atom. The number of carbonyl (C=O) groups excluding carboxylic acids is 1. The van der Waals surface area contributed by atoms with Crippen molar-refractivity contribution in [1.29, 1.82) is 0 Å². The van der Waals surface area contributed by atoms with Gasteiger partial charge in [-0.1, -0.05) is 31.0 Å². The van der Waals surface area contributed by atoms with Crippen molar-refractivity contribution in [2.75, 3.05) is 20.3 Å². The van der Waals surface area contributed by atoms with E-state index in [1.54, 1.807) is 7.11 Å². The van der Waals surface area contributed by atoms with Crippen molar-refractivity contribution in [2.24, 2.45) is 0 Å². The van der Waals surface area contributed by atoms with E-state index in [2.05, 4.69) is 11.4 Å². The molecule has 2 aromatic carbocycles. The highest BCUT2D eigenvalue weighted by Gasteiger charge is 2.38. The van der Waals surface area contributed by atoms with Crippen molar-refractivity contribution in [3.8, 4) is 11.5 Å². The zero-order valence-corrected chi connectivity index (χ0v) is 15.6. The highest BCUT2D eigenvalue weighted by Crippen LogP contribution is 2.42. The normalized spacial score (nSPS) is 17.5. The summed E-state index contributed by atoms with van der Waals surface area (Å²) in [5.41, 5.74) is 2.38. The smallest absolute Gasteiger partial charge is 0.251 e. The fraction of sp³-hybridized carbons (Fsp3) is 0.409. The van der Waals surface area contributed by atoms with E-state index in [9.17, 15) is 4.79 Å². The third-order valence-electron chi connectivity index (χ3n) is 5.40. The standard InChI is InChI=1S/C22H25NO4/c1-25-15-16-5-4-6-17(13-16)21(24)23-22(9-2-3-10-22)18-7-8-19-20(14-18)27-12-11-26-19/h4-8,13-14H,2-3,9-12,15H2,1H3,(H,23,24). The third kappa shape index (κ3) is 3.65. The third-order valence-corrected chi connectivity index (χ3v) is 5.40. The molecule has 1 fully saturated rings. The van der Waals surface area contributed by atoms with Crippen LogP contribution in [-0.2, 0) is 16.9 Å². The van der Waals surface area contributed by atoms with Gasteiger partial charge in [-0.25, -0.2) is 0 Å². The van der Waals surface area contributed by atoms with Crippen LogP contribution in [0.4, 0.5) is 0 Å². The highest BCUT2D eigenvalue weighted by molar-refractivity contribution is 5.95. The second-order valence-corrected chi connectivity index (χ2v) is 7.24. The fourth-order valence-electron chi connectivity index (χ4n) is 4.06. The Bertz CT molecular complexity index is 827. The fourth-order valence-corrected chi connectivity index (χ4v) is 4.06. The second-order valence-electron chi connectivity index (χ2n) is 7.24. The molecule has 0 aromatic heterocycles. The predicted molar refractivity (Wildman–Crippen MR) is 102 cm³/mol. The van der Waals surface area contributed by atoms with Crippen LogP contribution in [0.1, 0.15) is 47.2 Å². The number of methoxy groups -OCH3 is 1. The minimum atomic E-state index is -0.357. The second kappa shape index (κ2) is 7.61. The van der Waals surface area contributed by atoms with Crippen molar-refractivity contribution < 1.29 is 19.0 Å². The van der Waals surface area contributed by atoms with Gasteiger partial charge in [-0.2, -0.15) is 0 Å². The number of carbonyl (C=O) groups is 1. The summed E-state index contributed by atoms with van der Waals surface area (Å²) in [5, 5.41) is 3.32. The van der Waals surface area contributed by atoms with Gasteiger partial charge in [-0.15, -0.1) is 0 Å². The first-order chi connectivity index (χ1) is 13.2. The first kappa shape index (κ1) is 17.9. The Labute approximate surface area is 159 Å². The number of rotatable bonds is 5. The van der Waals surface area contributed by atoms with Crippen molar-refractivity contribution in [3.05, 3.63) is 59.2 Å². The number of hydrogen-bond acceptors (Lipinski definition) is 4. The van der Waals surface area contributed by atoms with Crippen LogP contribution in [0.5, 0.6) is 11.5 Å².